The maximum atomic E-state index is 12.6. The number of rotatable bonds is 5. The van der Waals surface area contributed by atoms with Crippen molar-refractivity contribution in [2.75, 3.05) is 5.75 Å². The molecule has 4 nitrogen and oxygen atoms in total. The Morgan fingerprint density at radius 3 is 2.62 bits per heavy atom. The summed E-state index contributed by atoms with van der Waals surface area (Å²) < 4.78 is 1.73. The highest BCUT2D eigenvalue weighted by Crippen LogP contribution is 2.28. The van der Waals surface area contributed by atoms with Crippen LogP contribution >= 0.6 is 23.1 Å². The lowest BCUT2D eigenvalue weighted by Gasteiger charge is -2.16. The minimum absolute atomic E-state index is 0.0510. The molecule has 0 saturated heterocycles. The van der Waals surface area contributed by atoms with Crippen LogP contribution in [0.2, 0.25) is 0 Å². The van der Waals surface area contributed by atoms with Crippen LogP contribution in [-0.2, 0) is 6.54 Å². The summed E-state index contributed by atoms with van der Waals surface area (Å²) in [6.45, 7) is 10.2. The summed E-state index contributed by atoms with van der Waals surface area (Å²) in [4.78, 5) is 19.3. The summed E-state index contributed by atoms with van der Waals surface area (Å²) in [6.07, 6.45) is 0.664. The smallest absolute Gasteiger partial charge is 0.263 e. The molecule has 21 heavy (non-hydrogen) atoms. The number of aryl methyl sites for hydroxylation is 2. The van der Waals surface area contributed by atoms with Crippen molar-refractivity contribution in [3.05, 3.63) is 20.8 Å². The molecule has 0 saturated carbocycles. The highest BCUT2D eigenvalue weighted by Gasteiger charge is 2.17. The standard InChI is InChI=1S/C15H22N2O2S2/c1-6-17-13(18)11-9(2)10(3)21-12(11)16-14(17)20-8-7-15(4,5)19/h19H,6-8H2,1-5H3. The summed E-state index contributed by atoms with van der Waals surface area (Å²) in [5.41, 5.74) is 0.405. The van der Waals surface area contributed by atoms with Gasteiger partial charge < -0.3 is 5.11 Å². The number of aliphatic hydroxyl groups is 1. The third kappa shape index (κ3) is 3.49. The molecule has 2 rings (SSSR count). The molecule has 2 heterocycles. The van der Waals surface area contributed by atoms with Crippen molar-refractivity contribution in [3.63, 3.8) is 0 Å². The molecule has 0 aliphatic carbocycles. The van der Waals surface area contributed by atoms with Crippen LogP contribution < -0.4 is 5.56 Å². The Labute approximate surface area is 133 Å². The zero-order valence-electron chi connectivity index (χ0n) is 13.2. The van der Waals surface area contributed by atoms with Gasteiger partial charge in [-0.3, -0.25) is 9.36 Å². The second-order valence-electron chi connectivity index (χ2n) is 5.82. The van der Waals surface area contributed by atoms with Crippen LogP contribution in [0.15, 0.2) is 9.95 Å². The van der Waals surface area contributed by atoms with Crippen LogP contribution in [0.4, 0.5) is 0 Å². The summed E-state index contributed by atoms with van der Waals surface area (Å²) in [7, 11) is 0. The maximum absolute atomic E-state index is 12.6. The van der Waals surface area contributed by atoms with E-state index in [2.05, 4.69) is 4.98 Å². The normalized spacial score (nSPS) is 12.3. The molecule has 0 amide bonds. The third-order valence-corrected chi connectivity index (χ3v) is 5.59. The SMILES string of the molecule is CCn1c(SCCC(C)(C)O)nc2sc(C)c(C)c2c1=O. The van der Waals surface area contributed by atoms with Gasteiger partial charge in [-0.05, 0) is 46.6 Å². The number of nitrogens with zero attached hydrogens (tertiary/aromatic N) is 2. The van der Waals surface area contributed by atoms with Crippen molar-refractivity contribution in [1.29, 1.82) is 0 Å². The van der Waals surface area contributed by atoms with Crippen LogP contribution in [0.1, 0.15) is 37.6 Å². The van der Waals surface area contributed by atoms with Crippen LogP contribution in [-0.4, -0.2) is 26.0 Å². The molecule has 116 valence electrons. The van der Waals surface area contributed by atoms with E-state index in [0.29, 0.717) is 13.0 Å². The van der Waals surface area contributed by atoms with E-state index in [1.807, 2.05) is 20.8 Å². The van der Waals surface area contributed by atoms with E-state index in [1.54, 1.807) is 41.5 Å². The highest BCUT2D eigenvalue weighted by molar-refractivity contribution is 7.99. The van der Waals surface area contributed by atoms with Gasteiger partial charge in [0.15, 0.2) is 5.16 Å². The topological polar surface area (TPSA) is 55.1 Å². The van der Waals surface area contributed by atoms with Crippen LogP contribution in [0, 0.1) is 13.8 Å². The third-order valence-electron chi connectivity index (χ3n) is 3.52. The second-order valence-corrected chi connectivity index (χ2v) is 8.08. The second kappa shape index (κ2) is 6.10. The van der Waals surface area contributed by atoms with E-state index in [-0.39, 0.29) is 5.56 Å². The van der Waals surface area contributed by atoms with Gasteiger partial charge in [0.25, 0.3) is 5.56 Å². The Bertz CT molecular complexity index is 711. The fourth-order valence-electron chi connectivity index (χ4n) is 2.09. The Morgan fingerprint density at radius 1 is 1.38 bits per heavy atom. The van der Waals surface area contributed by atoms with Crippen molar-refractivity contribution in [2.45, 2.75) is 58.3 Å². The molecule has 2 aromatic rings. The first kappa shape index (κ1) is 16.5. The minimum atomic E-state index is -0.690. The van der Waals surface area contributed by atoms with E-state index >= 15 is 0 Å². The quantitative estimate of drug-likeness (QED) is 0.676. The first-order chi connectivity index (χ1) is 9.74. The summed E-state index contributed by atoms with van der Waals surface area (Å²) >= 11 is 3.12. The fraction of sp³-hybridized carbons (Fsp3) is 0.600. The van der Waals surface area contributed by atoms with Crippen LogP contribution in [0.3, 0.4) is 0 Å². The van der Waals surface area contributed by atoms with Gasteiger partial charge in [-0.1, -0.05) is 11.8 Å². The van der Waals surface area contributed by atoms with Gasteiger partial charge in [0.1, 0.15) is 4.83 Å². The van der Waals surface area contributed by atoms with Crippen molar-refractivity contribution in [1.82, 2.24) is 9.55 Å². The number of aromatic nitrogens is 2. The van der Waals surface area contributed by atoms with Crippen LogP contribution in [0.25, 0.3) is 10.2 Å². The fourth-order valence-corrected chi connectivity index (χ4v) is 4.48. The molecule has 0 unspecified atom stereocenters. The molecule has 0 atom stereocenters. The van der Waals surface area contributed by atoms with Gasteiger partial charge in [-0.2, -0.15) is 0 Å². The predicted molar refractivity (Wildman–Crippen MR) is 90.7 cm³/mol. The molecular formula is C15H22N2O2S2. The molecular weight excluding hydrogens is 304 g/mol. The predicted octanol–water partition coefficient (Wildman–Crippen LogP) is 3.35. The zero-order chi connectivity index (χ0) is 15.8. The van der Waals surface area contributed by atoms with E-state index in [9.17, 15) is 9.90 Å². The molecule has 0 radical (unpaired) electrons. The molecule has 0 aromatic carbocycles. The maximum Gasteiger partial charge on any atom is 0.263 e. The Kier molecular flexibility index (Phi) is 4.80. The molecule has 0 aliphatic heterocycles. The molecule has 0 fully saturated rings. The van der Waals surface area contributed by atoms with Gasteiger partial charge in [0.2, 0.25) is 0 Å². The molecule has 6 heteroatoms. The Hall–Kier alpha value is -0.850. The lowest BCUT2D eigenvalue weighted by Crippen LogP contribution is -2.23. The minimum Gasteiger partial charge on any atom is -0.390 e. The van der Waals surface area contributed by atoms with E-state index in [4.69, 9.17) is 0 Å². The number of hydrogen-bond acceptors (Lipinski definition) is 5. The molecule has 0 spiro atoms. The lowest BCUT2D eigenvalue weighted by molar-refractivity contribution is 0.0777. The van der Waals surface area contributed by atoms with E-state index < -0.39 is 5.60 Å². The molecule has 0 aliphatic rings. The van der Waals surface area contributed by atoms with Gasteiger partial charge in [0, 0.05) is 17.2 Å². The monoisotopic (exact) mass is 326 g/mol. The van der Waals surface area contributed by atoms with Crippen molar-refractivity contribution < 1.29 is 5.11 Å². The zero-order valence-corrected chi connectivity index (χ0v) is 14.8. The Balaban J connectivity index is 2.42. The summed E-state index contributed by atoms with van der Waals surface area (Å²) in [5, 5.41) is 11.3. The van der Waals surface area contributed by atoms with Crippen LogP contribution in [0.5, 0.6) is 0 Å². The van der Waals surface area contributed by atoms with Gasteiger partial charge in [-0.15, -0.1) is 11.3 Å². The first-order valence-electron chi connectivity index (χ1n) is 7.10. The van der Waals surface area contributed by atoms with E-state index in [1.165, 1.54) is 0 Å². The van der Waals surface area contributed by atoms with Gasteiger partial charge in [-0.25, -0.2) is 4.98 Å². The highest BCUT2D eigenvalue weighted by atomic mass is 32.2. The van der Waals surface area contributed by atoms with E-state index in [0.717, 1.165) is 31.6 Å². The first-order valence-corrected chi connectivity index (χ1v) is 8.90. The molecule has 2 aromatic heterocycles. The molecule has 1 N–H and O–H groups in total. The lowest BCUT2D eigenvalue weighted by atomic mass is 10.1. The average Bonchev–Trinajstić information content (AvgIpc) is 2.64. The van der Waals surface area contributed by atoms with Crippen molar-refractivity contribution >= 4 is 33.3 Å². The number of thiophene rings is 1. The summed E-state index contributed by atoms with van der Waals surface area (Å²) in [6, 6.07) is 0. The van der Waals surface area contributed by atoms with Gasteiger partial charge >= 0.3 is 0 Å². The van der Waals surface area contributed by atoms with Crippen molar-refractivity contribution in [3.8, 4) is 0 Å². The number of fused-ring (bicyclic) bond motifs is 1. The number of hydrogen-bond donors (Lipinski definition) is 1. The molecule has 0 bridgehead atoms. The van der Waals surface area contributed by atoms with Crippen molar-refractivity contribution in [2.24, 2.45) is 0 Å². The average molecular weight is 326 g/mol. The number of thioether (sulfide) groups is 1. The summed E-state index contributed by atoms with van der Waals surface area (Å²) in [5.74, 6) is 0.741. The van der Waals surface area contributed by atoms with Gasteiger partial charge in [0.05, 0.1) is 11.0 Å². The Morgan fingerprint density at radius 2 is 2.05 bits per heavy atom. The largest absolute Gasteiger partial charge is 0.390 e.